The molecule has 1 aliphatic carbocycles. The first-order valence-electron chi connectivity index (χ1n) is 5.49. The summed E-state index contributed by atoms with van der Waals surface area (Å²) in [5.74, 6) is 0.794. The minimum absolute atomic E-state index is 0.367. The van der Waals surface area contributed by atoms with Crippen molar-refractivity contribution in [3.8, 4) is 0 Å². The Hall–Kier alpha value is -0.120. The molecule has 1 saturated carbocycles. The zero-order chi connectivity index (χ0) is 10.6. The second-order valence-corrected chi connectivity index (χ2v) is 5.65. The van der Waals surface area contributed by atoms with Crippen molar-refractivity contribution in [2.24, 2.45) is 5.41 Å². The summed E-state index contributed by atoms with van der Waals surface area (Å²) in [6, 6.07) is 0. The molecule has 4 heteroatoms. The molecule has 0 saturated heterocycles. The van der Waals surface area contributed by atoms with E-state index in [2.05, 4.69) is 10.3 Å². The molecule has 0 atom stereocenters. The van der Waals surface area contributed by atoms with Crippen molar-refractivity contribution < 1.29 is 0 Å². The highest BCUT2D eigenvalue weighted by molar-refractivity contribution is 7.09. The summed E-state index contributed by atoms with van der Waals surface area (Å²) in [4.78, 5) is 5.37. The van der Waals surface area contributed by atoms with Crippen LogP contribution in [-0.2, 0) is 6.54 Å². The topological polar surface area (TPSA) is 24.9 Å². The molecule has 0 unspecified atom stereocenters. The maximum Gasteiger partial charge on any atom is 0.0794 e. The van der Waals surface area contributed by atoms with Crippen LogP contribution in [0.2, 0.25) is 0 Å². The van der Waals surface area contributed by atoms with Gasteiger partial charge in [0.05, 0.1) is 5.51 Å². The summed E-state index contributed by atoms with van der Waals surface area (Å²) in [5, 5.41) is 3.51. The Bertz CT molecular complexity index is 281. The molecule has 0 bridgehead atoms. The van der Waals surface area contributed by atoms with Crippen LogP contribution < -0.4 is 5.32 Å². The molecular formula is C11H17ClN2S. The van der Waals surface area contributed by atoms with Crippen molar-refractivity contribution in [3.05, 3.63) is 16.6 Å². The highest BCUT2D eigenvalue weighted by Gasteiger charge is 2.32. The van der Waals surface area contributed by atoms with Gasteiger partial charge in [-0.05, 0) is 18.3 Å². The number of hydrogen-bond acceptors (Lipinski definition) is 3. The van der Waals surface area contributed by atoms with Crippen molar-refractivity contribution in [2.75, 3.05) is 12.4 Å². The van der Waals surface area contributed by atoms with Crippen molar-refractivity contribution in [1.29, 1.82) is 0 Å². The number of alkyl halides is 1. The molecule has 15 heavy (non-hydrogen) atoms. The van der Waals surface area contributed by atoms with Gasteiger partial charge in [-0.1, -0.05) is 12.8 Å². The van der Waals surface area contributed by atoms with Crippen molar-refractivity contribution in [1.82, 2.24) is 10.3 Å². The molecule has 1 fully saturated rings. The van der Waals surface area contributed by atoms with E-state index in [9.17, 15) is 0 Å². The Balaban J connectivity index is 1.77. The van der Waals surface area contributed by atoms with Crippen LogP contribution in [0.25, 0.3) is 0 Å². The monoisotopic (exact) mass is 244 g/mol. The molecule has 0 aliphatic heterocycles. The Morgan fingerprint density at radius 3 is 2.87 bits per heavy atom. The van der Waals surface area contributed by atoms with Gasteiger partial charge in [-0.3, -0.25) is 4.98 Å². The first kappa shape index (κ1) is 11.4. The molecule has 1 N–H and O–H groups in total. The van der Waals surface area contributed by atoms with Crippen LogP contribution in [0, 0.1) is 5.41 Å². The quantitative estimate of drug-likeness (QED) is 0.806. The van der Waals surface area contributed by atoms with E-state index < -0.39 is 0 Å². The first-order valence-corrected chi connectivity index (χ1v) is 6.90. The van der Waals surface area contributed by atoms with Gasteiger partial charge in [0.15, 0.2) is 0 Å². The predicted octanol–water partition coefficient (Wildman–Crippen LogP) is 3.03. The number of hydrogen-bond donors (Lipinski definition) is 1. The Labute approximate surface area is 100 Å². The van der Waals surface area contributed by atoms with Crippen LogP contribution in [0.5, 0.6) is 0 Å². The fourth-order valence-electron chi connectivity index (χ4n) is 2.26. The van der Waals surface area contributed by atoms with E-state index in [-0.39, 0.29) is 0 Å². The summed E-state index contributed by atoms with van der Waals surface area (Å²) >= 11 is 7.78. The second kappa shape index (κ2) is 5.28. The first-order chi connectivity index (χ1) is 7.35. The van der Waals surface area contributed by atoms with Gasteiger partial charge >= 0.3 is 0 Å². The summed E-state index contributed by atoms with van der Waals surface area (Å²) in [7, 11) is 0. The van der Waals surface area contributed by atoms with Gasteiger partial charge in [0.1, 0.15) is 0 Å². The molecule has 2 rings (SSSR count). The van der Waals surface area contributed by atoms with Gasteiger partial charge in [-0.25, -0.2) is 0 Å². The molecule has 0 aromatic carbocycles. The predicted molar refractivity (Wildman–Crippen MR) is 65.4 cm³/mol. The lowest BCUT2D eigenvalue weighted by Gasteiger charge is -2.26. The van der Waals surface area contributed by atoms with Gasteiger partial charge in [-0.2, -0.15) is 0 Å². The number of aromatic nitrogens is 1. The Morgan fingerprint density at radius 2 is 2.27 bits per heavy atom. The summed E-state index contributed by atoms with van der Waals surface area (Å²) < 4.78 is 0. The van der Waals surface area contributed by atoms with Crippen LogP contribution in [-0.4, -0.2) is 17.4 Å². The molecule has 2 nitrogen and oxygen atoms in total. The largest absolute Gasteiger partial charge is 0.311 e. The lowest BCUT2D eigenvalue weighted by atomic mass is 9.88. The third kappa shape index (κ3) is 2.92. The number of halogens is 1. The van der Waals surface area contributed by atoms with Crippen molar-refractivity contribution in [3.63, 3.8) is 0 Å². The zero-order valence-corrected chi connectivity index (χ0v) is 10.4. The number of rotatable bonds is 5. The normalized spacial score (nSPS) is 19.5. The fraction of sp³-hybridized carbons (Fsp3) is 0.727. The summed E-state index contributed by atoms with van der Waals surface area (Å²) in [5.41, 5.74) is 2.25. The van der Waals surface area contributed by atoms with Gasteiger partial charge in [-0.15, -0.1) is 22.9 Å². The molecule has 1 aromatic heterocycles. The third-order valence-electron chi connectivity index (χ3n) is 3.23. The van der Waals surface area contributed by atoms with E-state index >= 15 is 0 Å². The highest BCUT2D eigenvalue weighted by Crippen LogP contribution is 2.38. The summed E-state index contributed by atoms with van der Waals surface area (Å²) in [6.45, 7) is 1.98. The van der Waals surface area contributed by atoms with Gasteiger partial charge in [0.25, 0.3) is 0 Å². The van der Waals surface area contributed by atoms with Crippen LogP contribution in [0.4, 0.5) is 0 Å². The van der Waals surface area contributed by atoms with Crippen molar-refractivity contribution >= 4 is 22.9 Å². The van der Waals surface area contributed by atoms with Crippen LogP contribution in [0.3, 0.4) is 0 Å². The zero-order valence-electron chi connectivity index (χ0n) is 8.84. The Morgan fingerprint density at radius 1 is 1.47 bits per heavy atom. The standard InChI is InChI=1S/C11H17ClN2S/c12-7-11(3-1-2-4-11)8-13-5-10-6-14-9-15-10/h6,9,13H,1-5,7-8H2. The van der Waals surface area contributed by atoms with Gasteiger partial charge < -0.3 is 5.32 Å². The average Bonchev–Trinajstić information content (AvgIpc) is 2.89. The van der Waals surface area contributed by atoms with E-state index in [1.54, 1.807) is 11.3 Å². The minimum Gasteiger partial charge on any atom is -0.311 e. The third-order valence-corrected chi connectivity index (χ3v) is 4.58. The van der Waals surface area contributed by atoms with E-state index in [4.69, 9.17) is 11.6 Å². The van der Waals surface area contributed by atoms with Crippen molar-refractivity contribution in [2.45, 2.75) is 32.2 Å². The molecule has 1 heterocycles. The molecule has 1 aliphatic rings. The number of nitrogens with one attached hydrogen (secondary N) is 1. The average molecular weight is 245 g/mol. The van der Waals surface area contributed by atoms with E-state index in [0.29, 0.717) is 5.41 Å². The van der Waals surface area contributed by atoms with E-state index in [0.717, 1.165) is 19.0 Å². The molecule has 0 amide bonds. The lowest BCUT2D eigenvalue weighted by molar-refractivity contribution is 0.321. The maximum atomic E-state index is 6.08. The second-order valence-electron chi connectivity index (χ2n) is 4.41. The smallest absolute Gasteiger partial charge is 0.0794 e. The van der Waals surface area contributed by atoms with Gasteiger partial charge in [0.2, 0.25) is 0 Å². The Kier molecular flexibility index (Phi) is 4.00. The molecule has 0 radical (unpaired) electrons. The molecular weight excluding hydrogens is 228 g/mol. The molecule has 0 spiro atoms. The maximum absolute atomic E-state index is 6.08. The molecule has 1 aromatic rings. The molecule has 84 valence electrons. The number of nitrogens with zero attached hydrogens (tertiary/aromatic N) is 1. The summed E-state index contributed by atoms with van der Waals surface area (Å²) in [6.07, 6.45) is 7.18. The minimum atomic E-state index is 0.367. The fourth-order valence-corrected chi connectivity index (χ4v) is 3.19. The number of thiazole rings is 1. The highest BCUT2D eigenvalue weighted by atomic mass is 35.5. The van der Waals surface area contributed by atoms with Crippen LogP contribution in [0.1, 0.15) is 30.6 Å². The van der Waals surface area contributed by atoms with Crippen LogP contribution in [0.15, 0.2) is 11.7 Å². The van der Waals surface area contributed by atoms with Crippen LogP contribution >= 0.6 is 22.9 Å². The van der Waals surface area contributed by atoms with E-state index in [1.165, 1.54) is 30.6 Å². The van der Waals surface area contributed by atoms with E-state index in [1.807, 2.05) is 11.7 Å². The lowest BCUT2D eigenvalue weighted by Crippen LogP contribution is -2.33. The SMILES string of the molecule is ClCC1(CNCc2cncs2)CCCC1. The van der Waals surface area contributed by atoms with Gasteiger partial charge in [0, 0.05) is 30.0 Å².